The molecule has 3 rings (SSSR count). The monoisotopic (exact) mass is 356 g/mol. The number of nitrogens with zero attached hydrogens (tertiary/aromatic N) is 2. The molecule has 26 heavy (non-hydrogen) atoms. The molecule has 0 spiro atoms. The van der Waals surface area contributed by atoms with Crippen molar-refractivity contribution in [1.82, 2.24) is 4.90 Å². The second-order valence-corrected chi connectivity index (χ2v) is 6.27. The average Bonchev–Trinajstić information content (AvgIpc) is 2.62. The fourth-order valence-electron chi connectivity index (χ4n) is 3.09. The second kappa shape index (κ2) is 7.52. The molecule has 1 saturated heterocycles. The molecule has 2 unspecified atom stereocenters. The van der Waals surface area contributed by atoms with E-state index < -0.39 is 17.7 Å². The zero-order chi connectivity index (χ0) is 18.7. The predicted octanol–water partition coefficient (Wildman–Crippen LogP) is 4.82. The minimum atomic E-state index is -0.617. The van der Waals surface area contributed by atoms with E-state index in [9.17, 15) is 13.6 Å². The predicted molar refractivity (Wildman–Crippen MR) is 92.0 cm³/mol. The molecule has 1 aliphatic rings. The molecule has 2 atom stereocenters. The molecule has 0 saturated carbocycles. The summed E-state index contributed by atoms with van der Waals surface area (Å²) >= 11 is 0. The maximum absolute atomic E-state index is 13.9. The van der Waals surface area contributed by atoms with E-state index in [1.54, 1.807) is 17.0 Å². The normalized spacial score (nSPS) is 18.2. The number of amides is 1. The van der Waals surface area contributed by atoms with Gasteiger partial charge in [0.15, 0.2) is 0 Å². The molecule has 0 N–H and O–H groups in total. The lowest BCUT2D eigenvalue weighted by molar-refractivity contribution is 0.0153. The molecule has 0 aliphatic carbocycles. The summed E-state index contributed by atoms with van der Waals surface area (Å²) in [6, 6.07) is 12.4. The molecule has 2 aromatic carbocycles. The first-order valence-corrected chi connectivity index (χ1v) is 8.39. The number of hydrogen-bond acceptors (Lipinski definition) is 3. The highest BCUT2D eigenvalue weighted by molar-refractivity contribution is 5.69. The van der Waals surface area contributed by atoms with Gasteiger partial charge < -0.3 is 9.64 Å². The highest BCUT2D eigenvalue weighted by Gasteiger charge is 2.30. The van der Waals surface area contributed by atoms with Gasteiger partial charge in [0.2, 0.25) is 0 Å². The largest absolute Gasteiger partial charge is 0.445 e. The molecule has 6 heteroatoms. The maximum Gasteiger partial charge on any atom is 0.410 e. The molecular formula is C20H18F2N2O2. The van der Waals surface area contributed by atoms with Gasteiger partial charge in [0, 0.05) is 24.6 Å². The number of nitriles is 1. The summed E-state index contributed by atoms with van der Waals surface area (Å²) in [6.07, 6.45) is 0.0337. The van der Waals surface area contributed by atoms with Gasteiger partial charge in [-0.05, 0) is 30.2 Å². The van der Waals surface area contributed by atoms with Crippen molar-refractivity contribution in [3.8, 4) is 17.2 Å². The van der Waals surface area contributed by atoms with Gasteiger partial charge in [-0.25, -0.2) is 13.6 Å². The summed E-state index contributed by atoms with van der Waals surface area (Å²) in [4.78, 5) is 13.8. The Balaban J connectivity index is 1.74. The molecule has 0 aromatic heterocycles. The number of ether oxygens (including phenoxy) is 1. The Kier molecular flexibility index (Phi) is 5.17. The van der Waals surface area contributed by atoms with Crippen molar-refractivity contribution in [2.75, 3.05) is 6.54 Å². The van der Waals surface area contributed by atoms with E-state index in [1.807, 2.05) is 25.1 Å². The standard InChI is InChI=1S/C20H18F2N2O2/c1-13(24-11-9-17(8-10-23)26-20(24)25)14-2-4-15(5-3-14)18-7-6-16(21)12-19(18)22/h2-7,12-13,17H,8-9,11H2,1H3. The average molecular weight is 356 g/mol. The van der Waals surface area contributed by atoms with Crippen molar-refractivity contribution in [3.63, 3.8) is 0 Å². The summed E-state index contributed by atoms with van der Waals surface area (Å²) < 4.78 is 32.2. The SMILES string of the molecule is CC(c1ccc(-c2ccc(F)cc2F)cc1)N1CCC(CC#N)OC1=O. The van der Waals surface area contributed by atoms with E-state index in [0.717, 1.165) is 11.6 Å². The lowest BCUT2D eigenvalue weighted by Crippen LogP contribution is -2.43. The number of halogens is 2. The Bertz CT molecular complexity index is 846. The molecule has 1 fully saturated rings. The van der Waals surface area contributed by atoms with E-state index in [0.29, 0.717) is 24.1 Å². The molecule has 0 bridgehead atoms. The second-order valence-electron chi connectivity index (χ2n) is 6.27. The molecular weight excluding hydrogens is 338 g/mol. The van der Waals surface area contributed by atoms with E-state index in [-0.39, 0.29) is 18.6 Å². The van der Waals surface area contributed by atoms with Crippen LogP contribution in [-0.2, 0) is 4.74 Å². The summed E-state index contributed by atoms with van der Waals surface area (Å²) in [5, 5.41) is 8.71. The minimum Gasteiger partial charge on any atom is -0.445 e. The van der Waals surface area contributed by atoms with Crippen LogP contribution in [0.1, 0.15) is 31.4 Å². The van der Waals surface area contributed by atoms with Gasteiger partial charge in [-0.3, -0.25) is 0 Å². The van der Waals surface area contributed by atoms with E-state index in [1.165, 1.54) is 12.1 Å². The van der Waals surface area contributed by atoms with Crippen LogP contribution in [0.5, 0.6) is 0 Å². The summed E-state index contributed by atoms with van der Waals surface area (Å²) in [5.41, 5.74) is 1.84. The van der Waals surface area contributed by atoms with Crippen LogP contribution in [0.15, 0.2) is 42.5 Å². The first-order chi connectivity index (χ1) is 12.5. The minimum absolute atomic E-state index is 0.200. The summed E-state index contributed by atoms with van der Waals surface area (Å²) in [7, 11) is 0. The Morgan fingerprint density at radius 3 is 2.62 bits per heavy atom. The number of carbonyl (C=O) groups excluding carboxylic acids is 1. The van der Waals surface area contributed by atoms with Crippen molar-refractivity contribution >= 4 is 6.09 Å². The van der Waals surface area contributed by atoms with Crippen LogP contribution in [0.25, 0.3) is 11.1 Å². The van der Waals surface area contributed by atoms with Gasteiger partial charge in [-0.15, -0.1) is 0 Å². The van der Waals surface area contributed by atoms with Crippen molar-refractivity contribution in [2.24, 2.45) is 0 Å². The Hall–Kier alpha value is -2.94. The third-order valence-corrected chi connectivity index (χ3v) is 4.62. The van der Waals surface area contributed by atoms with Crippen molar-refractivity contribution in [3.05, 3.63) is 59.7 Å². The van der Waals surface area contributed by atoms with Gasteiger partial charge in [0.05, 0.1) is 18.5 Å². The van der Waals surface area contributed by atoms with Crippen LogP contribution in [0.2, 0.25) is 0 Å². The first-order valence-electron chi connectivity index (χ1n) is 8.39. The van der Waals surface area contributed by atoms with Crippen LogP contribution >= 0.6 is 0 Å². The highest BCUT2D eigenvalue weighted by atomic mass is 19.1. The van der Waals surface area contributed by atoms with E-state index >= 15 is 0 Å². The van der Waals surface area contributed by atoms with Gasteiger partial charge in [0.1, 0.15) is 17.7 Å². The molecule has 4 nitrogen and oxygen atoms in total. The fourth-order valence-corrected chi connectivity index (χ4v) is 3.09. The quantitative estimate of drug-likeness (QED) is 0.789. The lowest BCUT2D eigenvalue weighted by Gasteiger charge is -2.35. The number of hydrogen-bond donors (Lipinski definition) is 0. The maximum atomic E-state index is 13.9. The van der Waals surface area contributed by atoms with Crippen molar-refractivity contribution < 1.29 is 18.3 Å². The first kappa shape index (κ1) is 17.9. The third-order valence-electron chi connectivity index (χ3n) is 4.62. The van der Waals surface area contributed by atoms with Gasteiger partial charge in [-0.1, -0.05) is 24.3 Å². The van der Waals surface area contributed by atoms with Crippen LogP contribution in [0.3, 0.4) is 0 Å². The Labute approximate surface area is 150 Å². The Morgan fingerprint density at radius 2 is 2.00 bits per heavy atom. The zero-order valence-electron chi connectivity index (χ0n) is 14.3. The molecule has 2 aromatic rings. The van der Waals surface area contributed by atoms with Gasteiger partial charge >= 0.3 is 6.09 Å². The third kappa shape index (κ3) is 3.67. The van der Waals surface area contributed by atoms with Crippen LogP contribution < -0.4 is 0 Å². The molecule has 1 amide bonds. The summed E-state index contributed by atoms with van der Waals surface area (Å²) in [6.45, 7) is 2.40. The molecule has 1 aliphatic heterocycles. The van der Waals surface area contributed by atoms with Crippen molar-refractivity contribution in [2.45, 2.75) is 31.9 Å². The van der Waals surface area contributed by atoms with E-state index in [4.69, 9.17) is 10.00 Å². The van der Waals surface area contributed by atoms with Crippen LogP contribution in [0, 0.1) is 23.0 Å². The fraction of sp³-hybridized carbons (Fsp3) is 0.300. The van der Waals surface area contributed by atoms with Crippen molar-refractivity contribution in [1.29, 1.82) is 5.26 Å². The van der Waals surface area contributed by atoms with Gasteiger partial charge in [-0.2, -0.15) is 5.26 Å². The van der Waals surface area contributed by atoms with Crippen LogP contribution in [0.4, 0.5) is 13.6 Å². The number of rotatable bonds is 4. The zero-order valence-corrected chi connectivity index (χ0v) is 14.3. The lowest BCUT2D eigenvalue weighted by atomic mass is 10.00. The highest BCUT2D eigenvalue weighted by Crippen LogP contribution is 2.29. The molecule has 0 radical (unpaired) electrons. The van der Waals surface area contributed by atoms with Gasteiger partial charge in [0.25, 0.3) is 0 Å². The van der Waals surface area contributed by atoms with E-state index in [2.05, 4.69) is 0 Å². The molecule has 1 heterocycles. The molecule has 134 valence electrons. The number of cyclic esters (lactones) is 1. The Morgan fingerprint density at radius 1 is 1.27 bits per heavy atom. The number of benzene rings is 2. The topological polar surface area (TPSA) is 53.3 Å². The number of carbonyl (C=O) groups is 1. The summed E-state index contributed by atoms with van der Waals surface area (Å²) in [5.74, 6) is -1.23. The smallest absolute Gasteiger partial charge is 0.410 e. The van der Waals surface area contributed by atoms with Crippen LogP contribution in [-0.4, -0.2) is 23.6 Å².